The maximum absolute atomic E-state index is 12.8. The Labute approximate surface area is 163 Å². The third-order valence-corrected chi connectivity index (χ3v) is 4.90. The summed E-state index contributed by atoms with van der Waals surface area (Å²) in [5.41, 5.74) is 3.87. The number of benzene rings is 1. The molecule has 28 heavy (non-hydrogen) atoms. The molecule has 1 aliphatic rings. The van der Waals surface area contributed by atoms with E-state index in [2.05, 4.69) is 21.4 Å². The smallest absolute Gasteiger partial charge is 0.237 e. The van der Waals surface area contributed by atoms with E-state index in [4.69, 9.17) is 9.47 Å². The number of fused-ring (bicyclic) bond motifs is 3. The maximum Gasteiger partial charge on any atom is 0.237 e. The highest BCUT2D eigenvalue weighted by molar-refractivity contribution is 6.10. The SMILES string of the molecule is CCCC(=O)c1cnc2c3c(ccc2c1Nc1cccnc1OC)CC(C)O3. The summed E-state index contributed by atoms with van der Waals surface area (Å²) in [6.45, 7) is 4.04. The number of carbonyl (C=O) groups is 1. The summed E-state index contributed by atoms with van der Waals surface area (Å²) in [5, 5.41) is 4.22. The standard InChI is InChI=1S/C22H23N3O3/c1-4-6-18(26)16-12-24-20-15(9-8-14-11-13(2)28-21(14)20)19(16)25-17-7-5-10-23-22(17)27-3/h5,7-10,12-13H,4,6,11H2,1-3H3,(H,24,25). The van der Waals surface area contributed by atoms with Crippen molar-refractivity contribution in [3.05, 3.63) is 47.8 Å². The van der Waals surface area contributed by atoms with Gasteiger partial charge >= 0.3 is 0 Å². The minimum absolute atomic E-state index is 0.0528. The maximum atomic E-state index is 12.8. The van der Waals surface area contributed by atoms with E-state index in [0.29, 0.717) is 29.2 Å². The van der Waals surface area contributed by atoms with Gasteiger partial charge in [0.2, 0.25) is 5.88 Å². The third kappa shape index (κ3) is 3.15. The largest absolute Gasteiger partial charge is 0.488 e. The van der Waals surface area contributed by atoms with Crippen LogP contribution in [0.5, 0.6) is 11.6 Å². The fraction of sp³-hybridized carbons (Fsp3) is 0.318. The molecule has 144 valence electrons. The molecule has 1 unspecified atom stereocenters. The second-order valence-corrected chi connectivity index (χ2v) is 6.99. The molecule has 0 aliphatic carbocycles. The van der Waals surface area contributed by atoms with Crippen LogP contribution in [-0.4, -0.2) is 29.0 Å². The first-order chi connectivity index (χ1) is 13.6. The molecule has 1 aromatic carbocycles. The van der Waals surface area contributed by atoms with Crippen LogP contribution < -0.4 is 14.8 Å². The summed E-state index contributed by atoms with van der Waals surface area (Å²) in [7, 11) is 1.57. The number of ether oxygens (including phenoxy) is 2. The van der Waals surface area contributed by atoms with Gasteiger partial charge < -0.3 is 14.8 Å². The highest BCUT2D eigenvalue weighted by Gasteiger charge is 2.25. The number of anilines is 2. The minimum Gasteiger partial charge on any atom is -0.488 e. The predicted molar refractivity (Wildman–Crippen MR) is 109 cm³/mol. The molecule has 1 atom stereocenters. The van der Waals surface area contributed by atoms with Crippen molar-refractivity contribution < 1.29 is 14.3 Å². The number of hydrogen-bond donors (Lipinski definition) is 1. The zero-order chi connectivity index (χ0) is 19.7. The van der Waals surface area contributed by atoms with Gasteiger partial charge in [-0.1, -0.05) is 19.1 Å². The topological polar surface area (TPSA) is 73.3 Å². The van der Waals surface area contributed by atoms with Gasteiger partial charge in [0.05, 0.1) is 18.4 Å². The molecule has 0 amide bonds. The Bertz CT molecular complexity index is 1050. The fourth-order valence-electron chi connectivity index (χ4n) is 3.62. The van der Waals surface area contributed by atoms with Crippen LogP contribution in [0.1, 0.15) is 42.6 Å². The van der Waals surface area contributed by atoms with Gasteiger partial charge in [-0.3, -0.25) is 9.78 Å². The van der Waals surface area contributed by atoms with Gasteiger partial charge in [-0.15, -0.1) is 0 Å². The van der Waals surface area contributed by atoms with Gasteiger partial charge in [0.1, 0.15) is 23.1 Å². The van der Waals surface area contributed by atoms with Crippen molar-refractivity contribution in [2.45, 2.75) is 39.2 Å². The molecular weight excluding hydrogens is 354 g/mol. The molecule has 1 aliphatic heterocycles. The van der Waals surface area contributed by atoms with Gasteiger partial charge in [-0.25, -0.2) is 4.98 Å². The van der Waals surface area contributed by atoms with Gasteiger partial charge in [-0.2, -0.15) is 0 Å². The van der Waals surface area contributed by atoms with Crippen molar-refractivity contribution in [3.63, 3.8) is 0 Å². The molecule has 0 saturated heterocycles. The zero-order valence-electron chi connectivity index (χ0n) is 16.3. The molecule has 1 N–H and O–H groups in total. The van der Waals surface area contributed by atoms with Crippen LogP contribution in [0.25, 0.3) is 10.9 Å². The van der Waals surface area contributed by atoms with Gasteiger partial charge in [-0.05, 0) is 25.5 Å². The van der Waals surface area contributed by atoms with Gasteiger partial charge in [0.25, 0.3) is 0 Å². The van der Waals surface area contributed by atoms with Crippen LogP contribution in [0.3, 0.4) is 0 Å². The summed E-state index contributed by atoms with van der Waals surface area (Å²) in [6.07, 6.45) is 5.54. The average Bonchev–Trinajstić information content (AvgIpc) is 3.09. The summed E-state index contributed by atoms with van der Waals surface area (Å²) in [6, 6.07) is 7.77. The van der Waals surface area contributed by atoms with Gasteiger partial charge in [0.15, 0.2) is 5.78 Å². The van der Waals surface area contributed by atoms with Crippen molar-refractivity contribution in [2.75, 3.05) is 12.4 Å². The van der Waals surface area contributed by atoms with Crippen LogP contribution in [0.2, 0.25) is 0 Å². The van der Waals surface area contributed by atoms with E-state index in [9.17, 15) is 4.79 Å². The Morgan fingerprint density at radius 2 is 2.18 bits per heavy atom. The molecule has 6 nitrogen and oxygen atoms in total. The van der Waals surface area contributed by atoms with E-state index >= 15 is 0 Å². The minimum atomic E-state index is 0.0528. The first-order valence-electron chi connectivity index (χ1n) is 9.52. The third-order valence-electron chi connectivity index (χ3n) is 4.90. The van der Waals surface area contributed by atoms with Gasteiger partial charge in [0, 0.05) is 36.2 Å². The van der Waals surface area contributed by atoms with Crippen molar-refractivity contribution in [2.24, 2.45) is 0 Å². The number of pyridine rings is 2. The van der Waals surface area contributed by atoms with Crippen molar-refractivity contribution in [1.29, 1.82) is 0 Å². The van der Waals surface area contributed by atoms with Crippen molar-refractivity contribution in [1.82, 2.24) is 9.97 Å². The quantitative estimate of drug-likeness (QED) is 0.628. The molecule has 0 spiro atoms. The fourth-order valence-corrected chi connectivity index (χ4v) is 3.62. The van der Waals surface area contributed by atoms with Crippen LogP contribution in [0, 0.1) is 0 Å². The van der Waals surface area contributed by atoms with E-state index in [0.717, 1.165) is 35.1 Å². The lowest BCUT2D eigenvalue weighted by Gasteiger charge is -2.16. The summed E-state index contributed by atoms with van der Waals surface area (Å²) < 4.78 is 11.4. The summed E-state index contributed by atoms with van der Waals surface area (Å²) >= 11 is 0. The molecular formula is C22H23N3O3. The molecule has 0 bridgehead atoms. The molecule has 6 heteroatoms. The van der Waals surface area contributed by atoms with E-state index < -0.39 is 0 Å². The number of rotatable bonds is 6. The molecule has 0 radical (unpaired) electrons. The second kappa shape index (κ2) is 7.46. The number of aromatic nitrogens is 2. The molecule has 0 saturated carbocycles. The van der Waals surface area contributed by atoms with Crippen LogP contribution in [-0.2, 0) is 6.42 Å². The number of nitrogens with one attached hydrogen (secondary N) is 1. The van der Waals surface area contributed by atoms with E-state index in [1.807, 2.05) is 32.0 Å². The van der Waals surface area contributed by atoms with Crippen LogP contribution in [0.4, 0.5) is 11.4 Å². The number of hydrogen-bond acceptors (Lipinski definition) is 6. The zero-order valence-corrected chi connectivity index (χ0v) is 16.3. The Morgan fingerprint density at radius 1 is 1.32 bits per heavy atom. The number of nitrogens with zero attached hydrogens (tertiary/aromatic N) is 2. The molecule has 3 aromatic rings. The Balaban J connectivity index is 1.91. The van der Waals surface area contributed by atoms with Crippen molar-refractivity contribution >= 4 is 28.1 Å². The number of Topliss-reactive ketones (excluding diaryl/α,β-unsaturated/α-hetero) is 1. The predicted octanol–water partition coefficient (Wildman–Crippen LogP) is 4.69. The van der Waals surface area contributed by atoms with Crippen LogP contribution in [0.15, 0.2) is 36.7 Å². The lowest BCUT2D eigenvalue weighted by Crippen LogP contribution is -2.07. The first-order valence-corrected chi connectivity index (χ1v) is 9.52. The van der Waals surface area contributed by atoms with Crippen molar-refractivity contribution in [3.8, 4) is 11.6 Å². The average molecular weight is 377 g/mol. The highest BCUT2D eigenvalue weighted by Crippen LogP contribution is 2.40. The Hall–Kier alpha value is -3.15. The lowest BCUT2D eigenvalue weighted by atomic mass is 10.0. The number of ketones is 1. The molecule has 2 aromatic heterocycles. The van der Waals surface area contributed by atoms with Crippen LogP contribution >= 0.6 is 0 Å². The lowest BCUT2D eigenvalue weighted by molar-refractivity contribution is 0.0982. The Morgan fingerprint density at radius 3 is 2.96 bits per heavy atom. The number of methoxy groups -OCH3 is 1. The van der Waals surface area contributed by atoms with E-state index in [-0.39, 0.29) is 11.9 Å². The molecule has 3 heterocycles. The molecule has 4 rings (SSSR count). The highest BCUT2D eigenvalue weighted by atomic mass is 16.5. The van der Waals surface area contributed by atoms with E-state index in [1.54, 1.807) is 19.5 Å². The number of carbonyl (C=O) groups excluding carboxylic acids is 1. The Kier molecular flexibility index (Phi) is 4.86. The molecule has 0 fully saturated rings. The normalized spacial score (nSPS) is 15.2. The first kappa shape index (κ1) is 18.2. The summed E-state index contributed by atoms with van der Waals surface area (Å²) in [4.78, 5) is 21.6. The van der Waals surface area contributed by atoms with E-state index in [1.165, 1.54) is 0 Å². The summed E-state index contributed by atoms with van der Waals surface area (Å²) in [5.74, 6) is 1.32. The monoisotopic (exact) mass is 377 g/mol. The second-order valence-electron chi connectivity index (χ2n) is 6.99.